The second-order valence-electron chi connectivity index (χ2n) is 2.28. The Morgan fingerprint density at radius 1 is 1.82 bits per heavy atom. The predicted octanol–water partition coefficient (Wildman–Crippen LogP) is 1.87. The fourth-order valence-electron chi connectivity index (χ4n) is 0.787. The molecular weight excluding hydrogens is 160 g/mol. The highest BCUT2D eigenvalue weighted by Crippen LogP contribution is 2.11. The molecule has 11 heavy (non-hydrogen) atoms. The largest absolute Gasteiger partial charge is 0.270 e. The minimum Gasteiger partial charge on any atom is -0.270 e. The third-order valence-corrected chi connectivity index (χ3v) is 1.74. The van der Waals surface area contributed by atoms with Gasteiger partial charge in [0.1, 0.15) is 0 Å². The van der Waals surface area contributed by atoms with E-state index in [0.29, 0.717) is 11.4 Å². The maximum absolute atomic E-state index is 5.77. The molecule has 58 valence electrons. The summed E-state index contributed by atoms with van der Waals surface area (Å²) < 4.78 is 1.76. The van der Waals surface area contributed by atoms with Gasteiger partial charge >= 0.3 is 0 Å². The molecule has 0 fully saturated rings. The Labute approximate surface area is 71.2 Å². The van der Waals surface area contributed by atoms with E-state index in [0.717, 1.165) is 12.2 Å². The van der Waals surface area contributed by atoms with Crippen LogP contribution >= 0.6 is 11.6 Å². The molecule has 1 rings (SSSR count). The number of nitrogens with zero attached hydrogens (tertiary/aromatic N) is 2. The van der Waals surface area contributed by atoms with Gasteiger partial charge in [0.15, 0.2) is 0 Å². The summed E-state index contributed by atoms with van der Waals surface area (Å²) in [6, 6.07) is 0. The van der Waals surface area contributed by atoms with E-state index in [4.69, 9.17) is 18.0 Å². The summed E-state index contributed by atoms with van der Waals surface area (Å²) in [4.78, 5) is 0. The minimum absolute atomic E-state index is 0.692. The Kier molecular flexibility index (Phi) is 2.56. The molecule has 0 N–H and O–H groups in total. The molecular formula is C8H9ClN2. The topological polar surface area (TPSA) is 17.8 Å². The van der Waals surface area contributed by atoms with Crippen LogP contribution in [0.1, 0.15) is 12.1 Å². The molecule has 3 heteroatoms. The molecule has 0 aliphatic carbocycles. The lowest BCUT2D eigenvalue weighted by molar-refractivity contribution is 0.625. The summed E-state index contributed by atoms with van der Waals surface area (Å²) in [5.74, 6) is 2.54. The van der Waals surface area contributed by atoms with Crippen LogP contribution in [0.4, 0.5) is 0 Å². The molecule has 0 aliphatic heterocycles. The number of aromatic nitrogens is 2. The Bertz CT molecular complexity index is 263. The average molecular weight is 169 g/mol. The van der Waals surface area contributed by atoms with Gasteiger partial charge in [0.05, 0.1) is 17.3 Å². The third-order valence-electron chi connectivity index (χ3n) is 1.37. The minimum atomic E-state index is 0.692. The summed E-state index contributed by atoms with van der Waals surface area (Å²) in [5.41, 5.74) is 0.851. The third kappa shape index (κ3) is 1.99. The van der Waals surface area contributed by atoms with Gasteiger partial charge in [0.25, 0.3) is 0 Å². The van der Waals surface area contributed by atoms with E-state index < -0.39 is 0 Å². The van der Waals surface area contributed by atoms with Crippen LogP contribution in [0.5, 0.6) is 0 Å². The first-order chi connectivity index (χ1) is 5.24. The molecule has 2 nitrogen and oxygen atoms in total. The van der Waals surface area contributed by atoms with Crippen molar-refractivity contribution in [1.82, 2.24) is 9.78 Å². The van der Waals surface area contributed by atoms with Crippen LogP contribution < -0.4 is 0 Å². The van der Waals surface area contributed by atoms with E-state index in [1.165, 1.54) is 0 Å². The summed E-state index contributed by atoms with van der Waals surface area (Å²) >= 11 is 5.77. The second-order valence-corrected chi connectivity index (χ2v) is 2.69. The zero-order valence-electron chi connectivity index (χ0n) is 6.34. The fraction of sp³-hybridized carbons (Fsp3) is 0.375. The van der Waals surface area contributed by atoms with Gasteiger partial charge in [0, 0.05) is 12.6 Å². The molecule has 0 amide bonds. The Morgan fingerprint density at radius 3 is 3.00 bits per heavy atom. The first-order valence-electron chi connectivity index (χ1n) is 3.37. The van der Waals surface area contributed by atoms with Crippen LogP contribution in [0, 0.1) is 19.3 Å². The maximum Gasteiger partial charge on any atom is 0.0814 e. The molecule has 0 aromatic carbocycles. The van der Waals surface area contributed by atoms with Gasteiger partial charge in [-0.05, 0) is 6.92 Å². The maximum atomic E-state index is 5.77. The van der Waals surface area contributed by atoms with Crippen molar-refractivity contribution in [2.45, 2.75) is 19.9 Å². The summed E-state index contributed by atoms with van der Waals surface area (Å²) in [6.07, 6.45) is 7.57. The lowest BCUT2D eigenvalue weighted by Gasteiger charge is -1.93. The standard InChI is InChI=1S/C8H9ClN2/c1-3-4-5-11-6-8(9)7(2)10-11/h1,6H,4-5H2,2H3. The van der Waals surface area contributed by atoms with E-state index in [9.17, 15) is 0 Å². The normalized spacial score (nSPS) is 9.55. The van der Waals surface area contributed by atoms with Crippen LogP contribution in [0.2, 0.25) is 5.02 Å². The molecule has 1 heterocycles. The Morgan fingerprint density at radius 2 is 2.55 bits per heavy atom. The lowest BCUT2D eigenvalue weighted by atomic mass is 10.4. The molecule has 0 saturated heterocycles. The van der Waals surface area contributed by atoms with Gasteiger partial charge in [0.2, 0.25) is 0 Å². The van der Waals surface area contributed by atoms with Crippen LogP contribution in [-0.2, 0) is 6.54 Å². The molecule has 1 aromatic rings. The van der Waals surface area contributed by atoms with Crippen molar-refractivity contribution in [3.63, 3.8) is 0 Å². The quantitative estimate of drug-likeness (QED) is 0.617. The monoisotopic (exact) mass is 168 g/mol. The van der Waals surface area contributed by atoms with E-state index >= 15 is 0 Å². The van der Waals surface area contributed by atoms with Crippen molar-refractivity contribution >= 4 is 11.6 Å². The fourth-order valence-corrected chi connectivity index (χ4v) is 0.938. The summed E-state index contributed by atoms with van der Waals surface area (Å²) in [6.45, 7) is 2.61. The van der Waals surface area contributed by atoms with Gasteiger partial charge < -0.3 is 0 Å². The van der Waals surface area contributed by atoms with Crippen LogP contribution in [-0.4, -0.2) is 9.78 Å². The van der Waals surface area contributed by atoms with E-state index in [-0.39, 0.29) is 0 Å². The molecule has 0 unspecified atom stereocenters. The average Bonchev–Trinajstić information content (AvgIpc) is 2.28. The van der Waals surface area contributed by atoms with Crippen LogP contribution in [0.3, 0.4) is 0 Å². The van der Waals surface area contributed by atoms with Gasteiger partial charge in [-0.2, -0.15) is 5.10 Å². The van der Waals surface area contributed by atoms with Gasteiger partial charge in [-0.1, -0.05) is 11.6 Å². The lowest BCUT2D eigenvalue weighted by Crippen LogP contribution is -1.97. The van der Waals surface area contributed by atoms with Gasteiger partial charge in [-0.3, -0.25) is 4.68 Å². The molecule has 0 saturated carbocycles. The Balaban J connectivity index is 2.67. The number of terminal acetylenes is 1. The highest BCUT2D eigenvalue weighted by Gasteiger charge is 1.99. The van der Waals surface area contributed by atoms with Gasteiger partial charge in [-0.15, -0.1) is 12.3 Å². The number of rotatable bonds is 2. The van der Waals surface area contributed by atoms with Crippen LogP contribution in [0.15, 0.2) is 6.20 Å². The highest BCUT2D eigenvalue weighted by atomic mass is 35.5. The second kappa shape index (κ2) is 3.45. The predicted molar refractivity (Wildman–Crippen MR) is 45.4 cm³/mol. The summed E-state index contributed by atoms with van der Waals surface area (Å²) in [7, 11) is 0. The number of hydrogen-bond donors (Lipinski definition) is 0. The van der Waals surface area contributed by atoms with Gasteiger partial charge in [-0.25, -0.2) is 0 Å². The zero-order chi connectivity index (χ0) is 8.27. The van der Waals surface area contributed by atoms with E-state index in [1.807, 2.05) is 6.92 Å². The van der Waals surface area contributed by atoms with Crippen LogP contribution in [0.25, 0.3) is 0 Å². The number of aryl methyl sites for hydroxylation is 2. The molecule has 0 atom stereocenters. The molecule has 0 spiro atoms. The van der Waals surface area contributed by atoms with E-state index in [2.05, 4.69) is 11.0 Å². The van der Waals surface area contributed by atoms with Crippen molar-refractivity contribution in [3.8, 4) is 12.3 Å². The van der Waals surface area contributed by atoms with Crippen molar-refractivity contribution in [2.24, 2.45) is 0 Å². The van der Waals surface area contributed by atoms with Crippen molar-refractivity contribution in [2.75, 3.05) is 0 Å². The molecule has 0 bridgehead atoms. The first kappa shape index (κ1) is 8.16. The Hall–Kier alpha value is -0.940. The highest BCUT2D eigenvalue weighted by molar-refractivity contribution is 6.31. The van der Waals surface area contributed by atoms with Crippen molar-refractivity contribution in [3.05, 3.63) is 16.9 Å². The number of halogens is 1. The molecule has 1 aromatic heterocycles. The first-order valence-corrected chi connectivity index (χ1v) is 3.75. The molecule has 0 radical (unpaired) electrons. The zero-order valence-corrected chi connectivity index (χ0v) is 7.10. The number of hydrogen-bond acceptors (Lipinski definition) is 1. The summed E-state index contributed by atoms with van der Waals surface area (Å²) in [5, 5.41) is 4.83. The smallest absolute Gasteiger partial charge is 0.0814 e. The van der Waals surface area contributed by atoms with Crippen molar-refractivity contribution in [1.29, 1.82) is 0 Å². The van der Waals surface area contributed by atoms with Crippen molar-refractivity contribution < 1.29 is 0 Å². The van der Waals surface area contributed by atoms with E-state index in [1.54, 1.807) is 10.9 Å². The SMILES string of the molecule is C#CCCn1cc(Cl)c(C)n1. The molecule has 0 aliphatic rings.